The van der Waals surface area contributed by atoms with Gasteiger partial charge in [-0.05, 0) is 0 Å². The van der Waals surface area contributed by atoms with E-state index in [0.29, 0.717) is 25.1 Å². The van der Waals surface area contributed by atoms with Crippen LogP contribution in [0.4, 0.5) is 0 Å². The summed E-state index contributed by atoms with van der Waals surface area (Å²) in [4.78, 5) is 40.6. The number of nitrogens with one attached hydrogen (secondary N) is 2. The molecule has 0 aromatic heterocycles. The van der Waals surface area contributed by atoms with Crippen LogP contribution in [0.25, 0.3) is 0 Å². The number of allylic oxidation sites excluding steroid dienone is 2. The molecular weight excluding hydrogens is 212 g/mol. The van der Waals surface area contributed by atoms with Crippen LogP contribution in [0.15, 0.2) is 35.9 Å². The van der Waals surface area contributed by atoms with Crippen LogP contribution in [0.1, 0.15) is 0 Å². The van der Waals surface area contributed by atoms with Gasteiger partial charge in [0.25, 0.3) is 0 Å². The maximum Gasteiger partial charge on any atom is 0.154 e. The zero-order valence-corrected chi connectivity index (χ0v) is 8.25. The van der Waals surface area contributed by atoms with Crippen molar-refractivity contribution in [3.63, 3.8) is 0 Å². The van der Waals surface area contributed by atoms with Gasteiger partial charge in [-0.25, -0.2) is 0 Å². The van der Waals surface area contributed by atoms with Crippen molar-refractivity contribution in [1.29, 1.82) is 0 Å². The Morgan fingerprint density at radius 2 is 0.938 bits per heavy atom. The van der Waals surface area contributed by atoms with E-state index in [0.717, 1.165) is 0 Å². The molecule has 0 aromatic rings. The molecule has 0 unspecified atom stereocenters. The zero-order chi connectivity index (χ0) is 12.2. The van der Waals surface area contributed by atoms with Crippen molar-refractivity contribution < 1.29 is 19.2 Å². The Balaban J connectivity index is 4.04. The first-order chi connectivity index (χ1) is 7.78. The van der Waals surface area contributed by atoms with Crippen LogP contribution in [0.5, 0.6) is 0 Å². The second kappa shape index (κ2) is 9.07. The van der Waals surface area contributed by atoms with E-state index in [4.69, 9.17) is 0 Å². The molecule has 0 aliphatic heterocycles. The summed E-state index contributed by atoms with van der Waals surface area (Å²) >= 11 is 0. The Bertz CT molecular complexity index is 302. The van der Waals surface area contributed by atoms with E-state index in [1.165, 1.54) is 24.8 Å². The molecule has 0 bridgehead atoms. The molecule has 6 heteroatoms. The standard InChI is InChI=1S/C10H10N2O4/c13-5-9(6-14)3-11-1-2-12-4-10(7-15)8-16/h1-8,11-12H/b2-1+. The molecule has 84 valence electrons. The quantitative estimate of drug-likeness (QED) is 0.242. The van der Waals surface area contributed by atoms with Crippen molar-refractivity contribution in [2.24, 2.45) is 0 Å². The monoisotopic (exact) mass is 222 g/mol. The fraction of sp³-hybridized carbons (Fsp3) is 0. The number of hydrogen-bond donors (Lipinski definition) is 2. The number of carbonyl (C=O) groups excluding carboxylic acids is 4. The summed E-state index contributed by atoms with van der Waals surface area (Å²) in [6, 6.07) is 0. The van der Waals surface area contributed by atoms with E-state index in [9.17, 15) is 19.2 Å². The molecule has 0 aliphatic rings. The van der Waals surface area contributed by atoms with Crippen molar-refractivity contribution in [3.05, 3.63) is 35.9 Å². The molecule has 0 aliphatic carbocycles. The highest BCUT2D eigenvalue weighted by molar-refractivity contribution is 5.99. The Hall–Kier alpha value is -2.50. The van der Waals surface area contributed by atoms with E-state index in [1.807, 2.05) is 0 Å². The van der Waals surface area contributed by atoms with E-state index in [1.54, 1.807) is 0 Å². The molecular formula is C10H10N2O4. The zero-order valence-electron chi connectivity index (χ0n) is 8.25. The number of hydrogen-bond acceptors (Lipinski definition) is 6. The normalized spacial score (nSPS) is 8.75. The molecule has 0 fully saturated rings. The van der Waals surface area contributed by atoms with E-state index >= 15 is 0 Å². The Kier molecular flexibility index (Phi) is 7.65. The molecule has 0 atom stereocenters. The summed E-state index contributed by atoms with van der Waals surface area (Å²) in [5, 5.41) is 5.05. The highest BCUT2D eigenvalue weighted by atomic mass is 16.1. The van der Waals surface area contributed by atoms with Crippen molar-refractivity contribution in [1.82, 2.24) is 10.6 Å². The third-order valence-electron chi connectivity index (χ3n) is 1.32. The topological polar surface area (TPSA) is 92.3 Å². The summed E-state index contributed by atoms with van der Waals surface area (Å²) in [5.41, 5.74) is -0.0803. The van der Waals surface area contributed by atoms with Gasteiger partial charge in [0, 0.05) is 24.8 Å². The van der Waals surface area contributed by atoms with Crippen LogP contribution in [-0.4, -0.2) is 25.1 Å². The van der Waals surface area contributed by atoms with Crippen LogP contribution >= 0.6 is 0 Å². The third-order valence-corrected chi connectivity index (χ3v) is 1.32. The van der Waals surface area contributed by atoms with Gasteiger partial charge >= 0.3 is 0 Å². The van der Waals surface area contributed by atoms with E-state index < -0.39 is 0 Å². The lowest BCUT2D eigenvalue weighted by molar-refractivity contribution is -0.111. The lowest BCUT2D eigenvalue weighted by Gasteiger charge is -1.92. The van der Waals surface area contributed by atoms with Crippen molar-refractivity contribution in [2.45, 2.75) is 0 Å². The maximum atomic E-state index is 10.2. The molecule has 6 nitrogen and oxygen atoms in total. The van der Waals surface area contributed by atoms with Crippen molar-refractivity contribution in [2.75, 3.05) is 0 Å². The molecule has 0 radical (unpaired) electrons. The average Bonchev–Trinajstić information content (AvgIpc) is 2.33. The second-order valence-corrected chi connectivity index (χ2v) is 2.43. The molecule has 0 spiro atoms. The fourth-order valence-electron chi connectivity index (χ4n) is 0.577. The van der Waals surface area contributed by atoms with Crippen LogP contribution in [0, 0.1) is 0 Å². The minimum atomic E-state index is -0.0401. The molecule has 0 amide bonds. The van der Waals surface area contributed by atoms with Gasteiger partial charge in [-0.15, -0.1) is 0 Å². The van der Waals surface area contributed by atoms with Gasteiger partial charge in [0.15, 0.2) is 25.1 Å². The van der Waals surface area contributed by atoms with Crippen LogP contribution in [0.2, 0.25) is 0 Å². The summed E-state index contributed by atoms with van der Waals surface area (Å²) in [5.74, 6) is 0. The van der Waals surface area contributed by atoms with E-state index in [2.05, 4.69) is 10.6 Å². The Labute approximate surface area is 91.7 Å². The summed E-state index contributed by atoms with van der Waals surface area (Å²) < 4.78 is 0. The van der Waals surface area contributed by atoms with Gasteiger partial charge in [0.05, 0.1) is 11.1 Å². The summed E-state index contributed by atoms with van der Waals surface area (Å²) in [7, 11) is 0. The lowest BCUT2D eigenvalue weighted by Crippen LogP contribution is -2.02. The summed E-state index contributed by atoms with van der Waals surface area (Å²) in [6.45, 7) is 0. The SMILES string of the molecule is O=CC(C=O)=CN/C=C/NC=C(C=O)C=O. The molecule has 0 rings (SSSR count). The first-order valence-corrected chi connectivity index (χ1v) is 4.16. The summed E-state index contributed by atoms with van der Waals surface area (Å²) in [6.07, 6.45) is 6.74. The molecule has 0 saturated carbocycles. The van der Waals surface area contributed by atoms with Gasteiger partial charge in [0.1, 0.15) is 0 Å². The maximum absolute atomic E-state index is 10.2. The van der Waals surface area contributed by atoms with Crippen LogP contribution < -0.4 is 10.6 Å². The van der Waals surface area contributed by atoms with E-state index in [-0.39, 0.29) is 11.1 Å². The molecule has 2 N–H and O–H groups in total. The fourth-order valence-corrected chi connectivity index (χ4v) is 0.577. The molecule has 0 saturated heterocycles. The molecule has 0 heterocycles. The number of carbonyl (C=O) groups is 4. The first-order valence-electron chi connectivity index (χ1n) is 4.16. The third kappa shape index (κ3) is 6.03. The average molecular weight is 222 g/mol. The van der Waals surface area contributed by atoms with Gasteiger partial charge < -0.3 is 10.6 Å². The minimum absolute atomic E-state index is 0.0401. The van der Waals surface area contributed by atoms with Crippen LogP contribution in [-0.2, 0) is 19.2 Å². The second-order valence-electron chi connectivity index (χ2n) is 2.43. The van der Waals surface area contributed by atoms with Crippen molar-refractivity contribution in [3.8, 4) is 0 Å². The molecule has 0 aromatic carbocycles. The van der Waals surface area contributed by atoms with Gasteiger partial charge in [-0.1, -0.05) is 0 Å². The number of aldehydes is 4. The smallest absolute Gasteiger partial charge is 0.154 e. The number of rotatable bonds is 8. The van der Waals surface area contributed by atoms with Crippen LogP contribution in [0.3, 0.4) is 0 Å². The minimum Gasteiger partial charge on any atom is -0.366 e. The highest BCUT2D eigenvalue weighted by Crippen LogP contribution is 1.80. The molecule has 16 heavy (non-hydrogen) atoms. The van der Waals surface area contributed by atoms with Gasteiger partial charge in [-0.3, -0.25) is 19.2 Å². The lowest BCUT2D eigenvalue weighted by atomic mass is 10.3. The first kappa shape index (κ1) is 13.5. The predicted molar refractivity (Wildman–Crippen MR) is 55.8 cm³/mol. The Morgan fingerprint density at radius 1 is 0.625 bits per heavy atom. The Morgan fingerprint density at radius 3 is 1.19 bits per heavy atom. The highest BCUT2D eigenvalue weighted by Gasteiger charge is 1.88. The largest absolute Gasteiger partial charge is 0.366 e. The predicted octanol–water partition coefficient (Wildman–Crippen LogP) is -0.800. The van der Waals surface area contributed by atoms with Gasteiger partial charge in [0.2, 0.25) is 0 Å². The van der Waals surface area contributed by atoms with Crippen molar-refractivity contribution >= 4 is 25.1 Å². The van der Waals surface area contributed by atoms with Gasteiger partial charge in [-0.2, -0.15) is 0 Å².